The summed E-state index contributed by atoms with van der Waals surface area (Å²) in [5, 5.41) is 10.3. The molecule has 0 aliphatic rings. The first-order chi connectivity index (χ1) is 11.0. The molecule has 7 nitrogen and oxygen atoms in total. The zero-order valence-electron chi connectivity index (χ0n) is 12.8. The minimum Gasteiger partial charge on any atom is -0.347 e. The van der Waals surface area contributed by atoms with Crippen molar-refractivity contribution in [3.63, 3.8) is 0 Å². The molecule has 3 aromatic rings. The highest BCUT2D eigenvalue weighted by molar-refractivity contribution is 6.31. The largest absolute Gasteiger partial charge is 0.347 e. The number of imidazole rings is 1. The normalized spacial score (nSPS) is 12.5. The zero-order valence-corrected chi connectivity index (χ0v) is 13.5. The lowest BCUT2D eigenvalue weighted by Gasteiger charge is -2.12. The highest BCUT2D eigenvalue weighted by atomic mass is 35.5. The number of amides is 1. The summed E-state index contributed by atoms with van der Waals surface area (Å²) in [7, 11) is 0. The number of hydrogen-bond donors (Lipinski definition) is 4. The Balaban J connectivity index is 1.70. The van der Waals surface area contributed by atoms with Gasteiger partial charge in [-0.15, -0.1) is 0 Å². The molecule has 1 amide bonds. The minimum atomic E-state index is -0.771. The molecule has 0 unspecified atom stereocenters. The van der Waals surface area contributed by atoms with Crippen molar-refractivity contribution in [2.45, 2.75) is 26.4 Å². The summed E-state index contributed by atoms with van der Waals surface area (Å²) in [4.78, 5) is 19.8. The Morgan fingerprint density at radius 1 is 1.43 bits per heavy atom. The van der Waals surface area contributed by atoms with Gasteiger partial charge in [0.25, 0.3) is 0 Å². The number of halogens is 1. The van der Waals surface area contributed by atoms with E-state index < -0.39 is 6.04 Å². The van der Waals surface area contributed by atoms with Crippen LogP contribution < -0.4 is 11.1 Å². The van der Waals surface area contributed by atoms with Gasteiger partial charge in [0.1, 0.15) is 11.9 Å². The Morgan fingerprint density at radius 3 is 2.91 bits per heavy atom. The number of benzene rings is 1. The molecule has 1 atom stereocenters. The molecule has 120 valence electrons. The predicted molar refractivity (Wildman–Crippen MR) is 87.9 cm³/mol. The predicted octanol–water partition coefficient (Wildman–Crippen LogP) is 1.87. The Morgan fingerprint density at radius 2 is 2.22 bits per heavy atom. The number of carbonyl (C=O) groups excluding carboxylic acids is 1. The molecular weight excluding hydrogens is 316 g/mol. The third kappa shape index (κ3) is 3.06. The minimum absolute atomic E-state index is 0.259. The van der Waals surface area contributed by atoms with Crippen LogP contribution in [0.15, 0.2) is 18.2 Å². The van der Waals surface area contributed by atoms with E-state index in [0.29, 0.717) is 10.8 Å². The lowest BCUT2D eigenvalue weighted by atomic mass is 10.1. The van der Waals surface area contributed by atoms with Gasteiger partial charge >= 0.3 is 0 Å². The number of nitrogens with zero attached hydrogens (tertiary/aromatic N) is 2. The number of carbonyl (C=O) groups is 1. The van der Waals surface area contributed by atoms with E-state index in [9.17, 15) is 4.79 Å². The van der Waals surface area contributed by atoms with Crippen molar-refractivity contribution >= 4 is 28.5 Å². The second kappa shape index (κ2) is 6.02. The molecule has 2 aromatic heterocycles. The van der Waals surface area contributed by atoms with Gasteiger partial charge in [0.2, 0.25) is 5.91 Å². The van der Waals surface area contributed by atoms with Crippen molar-refractivity contribution in [1.29, 1.82) is 0 Å². The summed E-state index contributed by atoms with van der Waals surface area (Å²) < 4.78 is 0. The molecule has 0 aliphatic carbocycles. The van der Waals surface area contributed by atoms with Gasteiger partial charge in [-0.3, -0.25) is 9.89 Å². The second-order valence-electron chi connectivity index (χ2n) is 5.39. The molecule has 0 spiro atoms. The number of nitrogens with one attached hydrogen (secondary N) is 3. The summed E-state index contributed by atoms with van der Waals surface area (Å²) in [6.07, 6.45) is 0. The van der Waals surface area contributed by atoms with Crippen molar-refractivity contribution in [3.05, 3.63) is 46.0 Å². The van der Waals surface area contributed by atoms with Crippen molar-refractivity contribution < 1.29 is 4.79 Å². The molecule has 0 fully saturated rings. The molecule has 0 bridgehead atoms. The van der Waals surface area contributed by atoms with Gasteiger partial charge in [-0.25, -0.2) is 4.98 Å². The molecule has 0 saturated carbocycles. The van der Waals surface area contributed by atoms with Crippen LogP contribution in [0.4, 0.5) is 0 Å². The summed E-state index contributed by atoms with van der Waals surface area (Å²) in [6.45, 7) is 3.91. The fourth-order valence-electron chi connectivity index (χ4n) is 2.55. The van der Waals surface area contributed by atoms with Crippen LogP contribution in [0.25, 0.3) is 11.0 Å². The van der Waals surface area contributed by atoms with E-state index >= 15 is 0 Å². The maximum atomic E-state index is 12.2. The van der Waals surface area contributed by atoms with Gasteiger partial charge < -0.3 is 16.0 Å². The third-order valence-electron chi connectivity index (χ3n) is 3.70. The highest BCUT2D eigenvalue weighted by Gasteiger charge is 2.21. The van der Waals surface area contributed by atoms with Gasteiger partial charge in [0.15, 0.2) is 0 Å². The Labute approximate surface area is 137 Å². The number of aryl methyl sites for hydroxylation is 2. The monoisotopic (exact) mass is 332 g/mol. The van der Waals surface area contributed by atoms with E-state index in [-0.39, 0.29) is 12.5 Å². The summed E-state index contributed by atoms with van der Waals surface area (Å²) in [5.41, 5.74) is 9.89. The molecule has 23 heavy (non-hydrogen) atoms. The van der Waals surface area contributed by atoms with Crippen LogP contribution in [0.5, 0.6) is 0 Å². The lowest BCUT2D eigenvalue weighted by Crippen LogP contribution is -2.34. The summed E-state index contributed by atoms with van der Waals surface area (Å²) in [6, 6.07) is 4.61. The van der Waals surface area contributed by atoms with Crippen LogP contribution in [0.1, 0.15) is 28.8 Å². The second-order valence-corrected chi connectivity index (χ2v) is 5.82. The average Bonchev–Trinajstić information content (AvgIpc) is 3.06. The number of H-pyrrole nitrogens is 2. The molecular formula is C15H17ClN6O. The van der Waals surface area contributed by atoms with Crippen LogP contribution in [-0.2, 0) is 11.3 Å². The van der Waals surface area contributed by atoms with Crippen molar-refractivity contribution in [2.24, 2.45) is 5.73 Å². The van der Waals surface area contributed by atoms with Crippen LogP contribution in [0, 0.1) is 13.8 Å². The summed E-state index contributed by atoms with van der Waals surface area (Å²) >= 11 is 5.94. The molecule has 8 heteroatoms. The fourth-order valence-corrected chi connectivity index (χ4v) is 2.72. The maximum Gasteiger partial charge on any atom is 0.242 e. The van der Waals surface area contributed by atoms with E-state index in [1.54, 1.807) is 12.1 Å². The first-order valence-corrected chi connectivity index (χ1v) is 7.52. The molecule has 0 saturated heterocycles. The maximum absolute atomic E-state index is 12.2. The fraction of sp³-hybridized carbons (Fsp3) is 0.267. The summed E-state index contributed by atoms with van der Waals surface area (Å²) in [5.74, 6) is 0.361. The molecule has 3 rings (SSSR count). The van der Waals surface area contributed by atoms with Gasteiger partial charge in [0, 0.05) is 16.3 Å². The number of hydrogen-bond acceptors (Lipinski definition) is 4. The molecule has 5 N–H and O–H groups in total. The number of aromatic amines is 2. The van der Waals surface area contributed by atoms with Crippen molar-refractivity contribution in [2.75, 3.05) is 0 Å². The van der Waals surface area contributed by atoms with Gasteiger partial charge in [-0.2, -0.15) is 5.10 Å². The van der Waals surface area contributed by atoms with Crippen molar-refractivity contribution in [1.82, 2.24) is 25.5 Å². The van der Waals surface area contributed by atoms with E-state index in [4.69, 9.17) is 17.3 Å². The van der Waals surface area contributed by atoms with Gasteiger partial charge in [-0.05, 0) is 32.0 Å². The zero-order chi connectivity index (χ0) is 16.6. The van der Waals surface area contributed by atoms with Gasteiger partial charge in [-0.1, -0.05) is 11.6 Å². The molecule has 0 aliphatic heterocycles. The van der Waals surface area contributed by atoms with Gasteiger partial charge in [0.05, 0.1) is 23.3 Å². The molecule has 1 aromatic carbocycles. The number of aromatic nitrogens is 4. The van der Waals surface area contributed by atoms with E-state index in [1.165, 1.54) is 0 Å². The first kappa shape index (κ1) is 15.5. The SMILES string of the molecule is Cc1n[nH]c(C)c1[C@@H](N)C(=O)NCc1nc2ccc(Cl)cc2[nH]1. The topological polar surface area (TPSA) is 112 Å². The Bertz CT molecular complexity index is 849. The van der Waals surface area contributed by atoms with E-state index in [1.807, 2.05) is 19.9 Å². The number of nitrogens with two attached hydrogens (primary N) is 1. The third-order valence-corrected chi connectivity index (χ3v) is 3.94. The Hall–Kier alpha value is -2.38. The Kier molecular flexibility index (Phi) is 4.06. The van der Waals surface area contributed by atoms with Crippen LogP contribution in [-0.4, -0.2) is 26.1 Å². The van der Waals surface area contributed by atoms with Crippen molar-refractivity contribution in [3.8, 4) is 0 Å². The van der Waals surface area contributed by atoms with Crippen LogP contribution >= 0.6 is 11.6 Å². The average molecular weight is 333 g/mol. The molecule has 0 radical (unpaired) electrons. The number of rotatable bonds is 4. The standard InChI is InChI=1S/C15H17ClN6O/c1-7-13(8(2)22-21-7)14(17)15(23)18-6-12-19-10-4-3-9(16)5-11(10)20-12/h3-5,14H,6,17H2,1-2H3,(H,18,23)(H,19,20)(H,21,22)/t14-/m1/s1. The smallest absolute Gasteiger partial charge is 0.242 e. The van der Waals surface area contributed by atoms with E-state index in [0.717, 1.165) is 28.0 Å². The highest BCUT2D eigenvalue weighted by Crippen LogP contribution is 2.19. The molecule has 2 heterocycles. The quantitative estimate of drug-likeness (QED) is 0.584. The van der Waals surface area contributed by atoms with Crippen LogP contribution in [0.2, 0.25) is 5.02 Å². The first-order valence-electron chi connectivity index (χ1n) is 7.14. The number of fused-ring (bicyclic) bond motifs is 1. The lowest BCUT2D eigenvalue weighted by molar-refractivity contribution is -0.122. The van der Waals surface area contributed by atoms with Crippen LogP contribution in [0.3, 0.4) is 0 Å². The van der Waals surface area contributed by atoms with E-state index in [2.05, 4.69) is 25.5 Å².